The molecule has 62 valence electrons. The molecule has 1 heterocycles. The van der Waals surface area contributed by atoms with Crippen LogP contribution in [0.5, 0.6) is 0 Å². The topological polar surface area (TPSA) is 37.8 Å². The van der Waals surface area contributed by atoms with Crippen LogP contribution in [0, 0.1) is 12.3 Å². The second-order valence-corrected chi connectivity index (χ2v) is 2.92. The zero-order valence-electron chi connectivity index (χ0n) is 6.42. The normalized spacial score (nSPS) is 9.00. The van der Waals surface area contributed by atoms with E-state index in [9.17, 15) is 0 Å². The quantitative estimate of drug-likeness (QED) is 0.484. The van der Waals surface area contributed by atoms with Gasteiger partial charge in [-0.2, -0.15) is 0 Å². The summed E-state index contributed by atoms with van der Waals surface area (Å²) in [6, 6.07) is 1.80. The zero-order chi connectivity index (χ0) is 8.81. The molecule has 1 aromatic heterocycles. The third kappa shape index (κ3) is 2.89. The number of anilines is 1. The number of aromatic nitrogens is 2. The van der Waals surface area contributed by atoms with Gasteiger partial charge in [-0.05, 0) is 15.9 Å². The molecule has 0 aliphatic heterocycles. The maximum Gasteiger partial charge on any atom is 0.130 e. The van der Waals surface area contributed by atoms with Crippen molar-refractivity contribution < 1.29 is 0 Å². The summed E-state index contributed by atoms with van der Waals surface area (Å²) in [4.78, 5) is 7.88. The first-order valence-corrected chi connectivity index (χ1v) is 4.27. The maximum absolute atomic E-state index is 5.09. The molecule has 0 bridgehead atoms. The number of nitrogens with zero attached hydrogens (tertiary/aromatic N) is 2. The Morgan fingerprint density at radius 1 is 1.58 bits per heavy atom. The molecule has 4 heteroatoms. The predicted molar refractivity (Wildman–Crippen MR) is 51.7 cm³/mol. The van der Waals surface area contributed by atoms with E-state index in [1.807, 2.05) is 0 Å². The largest absolute Gasteiger partial charge is 0.369 e. The van der Waals surface area contributed by atoms with Crippen LogP contribution in [-0.4, -0.2) is 16.5 Å². The van der Waals surface area contributed by atoms with E-state index in [1.165, 1.54) is 6.33 Å². The minimum absolute atomic E-state index is 0.696. The van der Waals surface area contributed by atoms with Gasteiger partial charge in [0.05, 0.1) is 0 Å². The van der Waals surface area contributed by atoms with Crippen LogP contribution in [0.25, 0.3) is 0 Å². The minimum Gasteiger partial charge on any atom is -0.369 e. The summed E-state index contributed by atoms with van der Waals surface area (Å²) >= 11 is 3.24. The van der Waals surface area contributed by atoms with Gasteiger partial charge >= 0.3 is 0 Å². The van der Waals surface area contributed by atoms with E-state index in [-0.39, 0.29) is 0 Å². The fourth-order valence-electron chi connectivity index (χ4n) is 0.693. The number of terminal acetylenes is 1. The van der Waals surface area contributed by atoms with Crippen LogP contribution in [0.3, 0.4) is 0 Å². The highest BCUT2D eigenvalue weighted by Gasteiger charge is 1.92. The monoisotopic (exact) mass is 225 g/mol. The Bertz CT molecular complexity index is 293. The number of nitrogens with one attached hydrogen (secondary N) is 1. The van der Waals surface area contributed by atoms with E-state index < -0.39 is 0 Å². The molecule has 3 nitrogen and oxygen atoms in total. The van der Waals surface area contributed by atoms with Gasteiger partial charge in [0.15, 0.2) is 0 Å². The number of hydrogen-bond donors (Lipinski definition) is 1. The minimum atomic E-state index is 0.696. The van der Waals surface area contributed by atoms with Gasteiger partial charge in [0.2, 0.25) is 0 Å². The summed E-state index contributed by atoms with van der Waals surface area (Å²) in [5.41, 5.74) is 0. The van der Waals surface area contributed by atoms with Gasteiger partial charge in [0.25, 0.3) is 0 Å². The fourth-order valence-corrected chi connectivity index (χ4v) is 1.00. The molecule has 0 aliphatic rings. The molecular weight excluding hydrogens is 218 g/mol. The second kappa shape index (κ2) is 4.73. The predicted octanol–water partition coefficient (Wildman–Crippen LogP) is 1.67. The first-order valence-electron chi connectivity index (χ1n) is 3.48. The SMILES string of the molecule is C#CCCNc1cc(Br)ncn1. The highest BCUT2D eigenvalue weighted by Crippen LogP contribution is 2.08. The van der Waals surface area contributed by atoms with Gasteiger partial charge < -0.3 is 5.32 Å². The van der Waals surface area contributed by atoms with Crippen LogP contribution < -0.4 is 5.32 Å². The lowest BCUT2D eigenvalue weighted by Crippen LogP contribution is -2.02. The van der Waals surface area contributed by atoms with Crippen molar-refractivity contribution in [2.75, 3.05) is 11.9 Å². The van der Waals surface area contributed by atoms with E-state index in [2.05, 4.69) is 37.1 Å². The van der Waals surface area contributed by atoms with Crippen LogP contribution in [0.4, 0.5) is 5.82 Å². The van der Waals surface area contributed by atoms with Gasteiger partial charge in [0.1, 0.15) is 16.7 Å². The second-order valence-electron chi connectivity index (χ2n) is 2.11. The number of halogens is 1. The lowest BCUT2D eigenvalue weighted by Gasteiger charge is -2.01. The summed E-state index contributed by atoms with van der Waals surface area (Å²) in [5, 5.41) is 3.06. The summed E-state index contributed by atoms with van der Waals surface area (Å²) in [7, 11) is 0. The molecule has 1 rings (SSSR count). The summed E-state index contributed by atoms with van der Waals surface area (Å²) in [6.45, 7) is 0.736. The average Bonchev–Trinajstić information content (AvgIpc) is 2.05. The fraction of sp³-hybridized carbons (Fsp3) is 0.250. The molecule has 0 aliphatic carbocycles. The van der Waals surface area contributed by atoms with Crippen LogP contribution in [-0.2, 0) is 0 Å². The lowest BCUT2D eigenvalue weighted by molar-refractivity contribution is 1.05. The molecule has 0 radical (unpaired) electrons. The van der Waals surface area contributed by atoms with Gasteiger partial charge in [-0.1, -0.05) is 0 Å². The van der Waals surface area contributed by atoms with E-state index in [4.69, 9.17) is 6.42 Å². The van der Waals surface area contributed by atoms with E-state index in [1.54, 1.807) is 6.07 Å². The molecular formula is C8H8BrN3. The first kappa shape index (κ1) is 9.01. The number of hydrogen-bond acceptors (Lipinski definition) is 3. The van der Waals surface area contributed by atoms with Crippen molar-refractivity contribution in [1.29, 1.82) is 0 Å². The van der Waals surface area contributed by atoms with E-state index >= 15 is 0 Å². The van der Waals surface area contributed by atoms with Crippen LogP contribution in [0.2, 0.25) is 0 Å². The van der Waals surface area contributed by atoms with Gasteiger partial charge in [-0.25, -0.2) is 9.97 Å². The van der Waals surface area contributed by atoms with E-state index in [0.29, 0.717) is 6.42 Å². The van der Waals surface area contributed by atoms with Crippen molar-refractivity contribution in [3.8, 4) is 12.3 Å². The Labute approximate surface area is 79.7 Å². The Morgan fingerprint density at radius 3 is 3.08 bits per heavy atom. The Kier molecular flexibility index (Phi) is 3.55. The van der Waals surface area contributed by atoms with Crippen molar-refractivity contribution in [2.24, 2.45) is 0 Å². The molecule has 12 heavy (non-hydrogen) atoms. The Morgan fingerprint density at radius 2 is 2.42 bits per heavy atom. The lowest BCUT2D eigenvalue weighted by atomic mass is 10.4. The van der Waals surface area contributed by atoms with Crippen molar-refractivity contribution in [3.05, 3.63) is 17.0 Å². The molecule has 0 saturated carbocycles. The van der Waals surface area contributed by atoms with Gasteiger partial charge in [-0.15, -0.1) is 12.3 Å². The average molecular weight is 226 g/mol. The number of rotatable bonds is 3. The molecule has 1 N–H and O–H groups in total. The van der Waals surface area contributed by atoms with Crippen molar-refractivity contribution in [2.45, 2.75) is 6.42 Å². The summed E-state index contributed by atoms with van der Waals surface area (Å²) < 4.78 is 0.765. The third-order valence-corrected chi connectivity index (χ3v) is 1.64. The standard InChI is InChI=1S/C8H8BrN3/c1-2-3-4-10-8-5-7(9)11-6-12-8/h1,5-6H,3-4H2,(H,10,11,12). The molecule has 0 amide bonds. The summed E-state index contributed by atoms with van der Waals surface area (Å²) in [6.07, 6.45) is 7.27. The zero-order valence-corrected chi connectivity index (χ0v) is 8.00. The molecule has 0 spiro atoms. The van der Waals surface area contributed by atoms with E-state index in [0.717, 1.165) is 17.0 Å². The molecule has 0 aromatic carbocycles. The van der Waals surface area contributed by atoms with Crippen molar-refractivity contribution in [3.63, 3.8) is 0 Å². The van der Waals surface area contributed by atoms with Crippen LogP contribution in [0.1, 0.15) is 6.42 Å². The highest BCUT2D eigenvalue weighted by atomic mass is 79.9. The highest BCUT2D eigenvalue weighted by molar-refractivity contribution is 9.10. The summed E-state index contributed by atoms with van der Waals surface area (Å²) in [5.74, 6) is 3.32. The molecule has 0 atom stereocenters. The van der Waals surface area contributed by atoms with Crippen LogP contribution >= 0.6 is 15.9 Å². The Hall–Kier alpha value is -1.08. The first-order chi connectivity index (χ1) is 5.83. The molecule has 0 unspecified atom stereocenters. The Balaban J connectivity index is 2.48. The smallest absolute Gasteiger partial charge is 0.130 e. The molecule has 0 saturated heterocycles. The van der Waals surface area contributed by atoms with Crippen LogP contribution in [0.15, 0.2) is 17.0 Å². The van der Waals surface area contributed by atoms with Crippen molar-refractivity contribution >= 4 is 21.7 Å². The molecule has 1 aromatic rings. The van der Waals surface area contributed by atoms with Gasteiger partial charge in [-0.3, -0.25) is 0 Å². The third-order valence-electron chi connectivity index (χ3n) is 1.21. The van der Waals surface area contributed by atoms with Crippen molar-refractivity contribution in [1.82, 2.24) is 9.97 Å². The maximum atomic E-state index is 5.09. The molecule has 0 fully saturated rings. The van der Waals surface area contributed by atoms with Gasteiger partial charge in [0, 0.05) is 19.0 Å².